The second-order valence-electron chi connectivity index (χ2n) is 4.71. The molecule has 19 heavy (non-hydrogen) atoms. The zero-order valence-corrected chi connectivity index (χ0v) is 12.3. The van der Waals surface area contributed by atoms with Gasteiger partial charge in [-0.1, -0.05) is 18.5 Å². The first-order chi connectivity index (χ1) is 8.95. The maximum absolute atomic E-state index is 12.6. The van der Waals surface area contributed by atoms with E-state index in [0.29, 0.717) is 16.4 Å². The van der Waals surface area contributed by atoms with Crippen molar-refractivity contribution in [2.24, 2.45) is 7.05 Å². The van der Waals surface area contributed by atoms with E-state index in [2.05, 4.69) is 10.2 Å². The predicted molar refractivity (Wildman–Crippen MR) is 73.6 cm³/mol. The molecule has 2 heterocycles. The molecular formula is C13H17ClN4O. The van der Waals surface area contributed by atoms with E-state index in [-0.39, 0.29) is 11.8 Å². The third-order valence-electron chi connectivity index (χ3n) is 2.98. The summed E-state index contributed by atoms with van der Waals surface area (Å²) in [4.78, 5) is 12.6. The third kappa shape index (κ3) is 2.42. The number of aromatic nitrogens is 4. The van der Waals surface area contributed by atoms with Gasteiger partial charge in [0.1, 0.15) is 11.4 Å². The Hall–Kier alpha value is -1.62. The zero-order valence-electron chi connectivity index (χ0n) is 11.5. The van der Waals surface area contributed by atoms with E-state index in [1.54, 1.807) is 22.5 Å². The van der Waals surface area contributed by atoms with Crippen molar-refractivity contribution in [3.63, 3.8) is 0 Å². The summed E-state index contributed by atoms with van der Waals surface area (Å²) in [5.74, 6) is -0.147. The van der Waals surface area contributed by atoms with Crippen LogP contribution in [0, 0.1) is 0 Å². The molecule has 0 spiro atoms. The Balaban J connectivity index is 2.49. The number of nitrogens with zero attached hydrogens (tertiary/aromatic N) is 4. The van der Waals surface area contributed by atoms with E-state index in [4.69, 9.17) is 11.6 Å². The SMILES string of the molecule is CCc1cc(C(=O)c2c(Cl)cnn2C(C)C)n(C)n1. The number of hydrogen-bond donors (Lipinski definition) is 0. The summed E-state index contributed by atoms with van der Waals surface area (Å²) in [6.07, 6.45) is 2.30. The Kier molecular flexibility index (Phi) is 3.75. The van der Waals surface area contributed by atoms with Gasteiger partial charge >= 0.3 is 0 Å². The Morgan fingerprint density at radius 3 is 2.68 bits per heavy atom. The number of hydrogen-bond acceptors (Lipinski definition) is 3. The molecule has 0 saturated carbocycles. The molecule has 0 atom stereocenters. The van der Waals surface area contributed by atoms with Gasteiger partial charge in [0.05, 0.1) is 16.9 Å². The normalized spacial score (nSPS) is 11.3. The van der Waals surface area contributed by atoms with Gasteiger partial charge < -0.3 is 0 Å². The van der Waals surface area contributed by atoms with Gasteiger partial charge in [-0.2, -0.15) is 10.2 Å². The first kappa shape index (κ1) is 13.8. The van der Waals surface area contributed by atoms with Gasteiger partial charge in [-0.05, 0) is 26.3 Å². The lowest BCUT2D eigenvalue weighted by atomic mass is 10.2. The fraction of sp³-hybridized carbons (Fsp3) is 0.462. The summed E-state index contributed by atoms with van der Waals surface area (Å²) in [5.41, 5.74) is 1.83. The molecule has 0 fully saturated rings. The summed E-state index contributed by atoms with van der Waals surface area (Å²) in [6, 6.07) is 1.88. The number of aryl methyl sites for hydroxylation is 2. The summed E-state index contributed by atoms with van der Waals surface area (Å²) < 4.78 is 3.23. The van der Waals surface area contributed by atoms with Crippen LogP contribution in [-0.2, 0) is 13.5 Å². The Morgan fingerprint density at radius 1 is 1.47 bits per heavy atom. The summed E-state index contributed by atoms with van der Waals surface area (Å²) >= 11 is 6.09. The van der Waals surface area contributed by atoms with Crippen molar-refractivity contribution in [2.75, 3.05) is 0 Å². The van der Waals surface area contributed by atoms with E-state index in [9.17, 15) is 4.79 Å². The van der Waals surface area contributed by atoms with Gasteiger partial charge in [0, 0.05) is 13.1 Å². The van der Waals surface area contributed by atoms with E-state index < -0.39 is 0 Å². The number of carbonyl (C=O) groups excluding carboxylic acids is 1. The molecule has 0 aliphatic heterocycles. The fourth-order valence-electron chi connectivity index (χ4n) is 1.98. The molecule has 0 aromatic carbocycles. The number of halogens is 1. The molecule has 0 N–H and O–H groups in total. The molecule has 0 aliphatic rings. The van der Waals surface area contributed by atoms with Gasteiger partial charge in [-0.3, -0.25) is 14.2 Å². The van der Waals surface area contributed by atoms with Gasteiger partial charge in [0.2, 0.25) is 5.78 Å². The minimum Gasteiger partial charge on any atom is -0.285 e. The molecule has 6 heteroatoms. The van der Waals surface area contributed by atoms with Crippen molar-refractivity contribution < 1.29 is 4.79 Å². The lowest BCUT2D eigenvalue weighted by Gasteiger charge is -2.10. The van der Waals surface area contributed by atoms with Gasteiger partial charge in [0.15, 0.2) is 0 Å². The van der Waals surface area contributed by atoms with Crippen molar-refractivity contribution in [1.29, 1.82) is 0 Å². The highest BCUT2D eigenvalue weighted by atomic mass is 35.5. The monoisotopic (exact) mass is 280 g/mol. The van der Waals surface area contributed by atoms with Gasteiger partial charge in [-0.15, -0.1) is 0 Å². The first-order valence-corrected chi connectivity index (χ1v) is 6.64. The smallest absolute Gasteiger partial charge is 0.230 e. The van der Waals surface area contributed by atoms with Crippen molar-refractivity contribution in [3.05, 3.63) is 34.4 Å². The summed E-state index contributed by atoms with van der Waals surface area (Å²) in [6.45, 7) is 5.92. The van der Waals surface area contributed by atoms with E-state index in [1.165, 1.54) is 6.20 Å². The quantitative estimate of drug-likeness (QED) is 0.809. The highest BCUT2D eigenvalue weighted by Gasteiger charge is 2.23. The van der Waals surface area contributed by atoms with Gasteiger partial charge in [0.25, 0.3) is 0 Å². The molecule has 2 aromatic rings. The van der Waals surface area contributed by atoms with Crippen molar-refractivity contribution in [2.45, 2.75) is 33.2 Å². The molecule has 2 rings (SSSR count). The van der Waals surface area contributed by atoms with Crippen molar-refractivity contribution >= 4 is 17.4 Å². The largest absolute Gasteiger partial charge is 0.285 e. The predicted octanol–water partition coefficient (Wildman–Crippen LogP) is 2.64. The molecule has 102 valence electrons. The van der Waals surface area contributed by atoms with Crippen LogP contribution in [0.4, 0.5) is 0 Å². The van der Waals surface area contributed by atoms with Crippen molar-refractivity contribution in [1.82, 2.24) is 19.6 Å². The van der Waals surface area contributed by atoms with E-state index >= 15 is 0 Å². The molecule has 0 bridgehead atoms. The molecular weight excluding hydrogens is 264 g/mol. The van der Waals surface area contributed by atoms with Crippen LogP contribution >= 0.6 is 11.6 Å². The topological polar surface area (TPSA) is 52.7 Å². The third-order valence-corrected chi connectivity index (χ3v) is 3.26. The van der Waals surface area contributed by atoms with Crippen molar-refractivity contribution in [3.8, 4) is 0 Å². The Labute approximate surface area is 117 Å². The molecule has 0 amide bonds. The maximum atomic E-state index is 12.6. The van der Waals surface area contributed by atoms with Crippen LogP contribution in [0.1, 0.15) is 48.7 Å². The molecule has 2 aromatic heterocycles. The lowest BCUT2D eigenvalue weighted by molar-refractivity contribution is 0.101. The maximum Gasteiger partial charge on any atom is 0.230 e. The second kappa shape index (κ2) is 5.17. The average Bonchev–Trinajstić information content (AvgIpc) is 2.91. The number of rotatable bonds is 4. The van der Waals surface area contributed by atoms with Crippen LogP contribution in [0.2, 0.25) is 5.02 Å². The first-order valence-electron chi connectivity index (χ1n) is 6.26. The lowest BCUT2D eigenvalue weighted by Crippen LogP contribution is -2.16. The second-order valence-corrected chi connectivity index (χ2v) is 5.11. The van der Waals surface area contributed by atoms with Crippen LogP contribution < -0.4 is 0 Å². The summed E-state index contributed by atoms with van der Waals surface area (Å²) in [7, 11) is 1.76. The molecule has 0 saturated heterocycles. The highest BCUT2D eigenvalue weighted by Crippen LogP contribution is 2.22. The molecule has 5 nitrogen and oxygen atoms in total. The molecule has 0 unspecified atom stereocenters. The number of ketones is 1. The zero-order chi connectivity index (χ0) is 14.2. The highest BCUT2D eigenvalue weighted by molar-refractivity contribution is 6.34. The molecule has 0 radical (unpaired) electrons. The number of carbonyl (C=O) groups is 1. The van der Waals surface area contributed by atoms with Crippen LogP contribution in [0.25, 0.3) is 0 Å². The standard InChI is InChI=1S/C13H17ClN4O/c1-5-9-6-11(17(4)16-9)13(19)12-10(14)7-15-18(12)8(2)3/h6-8H,5H2,1-4H3. The van der Waals surface area contributed by atoms with Gasteiger partial charge in [-0.25, -0.2) is 0 Å². The summed E-state index contributed by atoms with van der Waals surface area (Å²) in [5, 5.41) is 8.81. The average molecular weight is 281 g/mol. The van der Waals surface area contributed by atoms with Crippen LogP contribution in [0.5, 0.6) is 0 Å². The van der Waals surface area contributed by atoms with E-state index in [0.717, 1.165) is 12.1 Å². The van der Waals surface area contributed by atoms with Crippen LogP contribution in [0.3, 0.4) is 0 Å². The van der Waals surface area contributed by atoms with E-state index in [1.807, 2.05) is 20.8 Å². The van der Waals surface area contributed by atoms with Crippen LogP contribution in [0.15, 0.2) is 12.3 Å². The molecule has 0 aliphatic carbocycles. The van der Waals surface area contributed by atoms with Crippen LogP contribution in [-0.4, -0.2) is 25.3 Å². The fourth-order valence-corrected chi connectivity index (χ4v) is 2.19. The minimum absolute atomic E-state index is 0.0744. The Bertz CT molecular complexity index is 612. The Morgan fingerprint density at radius 2 is 2.16 bits per heavy atom. The minimum atomic E-state index is -0.147.